The van der Waals surface area contributed by atoms with Crippen molar-refractivity contribution >= 4 is 21.9 Å². The number of ether oxygens (including phenoxy) is 1. The van der Waals surface area contributed by atoms with Crippen LogP contribution in [0.15, 0.2) is 10.7 Å². The predicted octanol–water partition coefficient (Wildman–Crippen LogP) is 2.03. The van der Waals surface area contributed by atoms with Crippen molar-refractivity contribution in [3.63, 3.8) is 0 Å². The number of hydrogen-bond acceptors (Lipinski definition) is 4. The Morgan fingerprint density at radius 3 is 2.75 bits per heavy atom. The zero-order valence-corrected chi connectivity index (χ0v) is 9.92. The second kappa shape index (κ2) is 5.31. The third-order valence-electron chi connectivity index (χ3n) is 1.95. The lowest BCUT2D eigenvalue weighted by molar-refractivity contribution is 0.0587. The molecule has 0 fully saturated rings. The molecular weight excluding hydrogens is 286 g/mol. The van der Waals surface area contributed by atoms with Gasteiger partial charge in [0.1, 0.15) is 0 Å². The van der Waals surface area contributed by atoms with Crippen molar-refractivity contribution < 1.29 is 18.3 Å². The fraction of sp³-hybridized carbons (Fsp3) is 0.333. The van der Waals surface area contributed by atoms with Gasteiger partial charge >= 0.3 is 5.97 Å². The molecule has 0 atom stereocenters. The van der Waals surface area contributed by atoms with E-state index in [2.05, 4.69) is 25.7 Å². The van der Waals surface area contributed by atoms with Gasteiger partial charge < -0.3 is 10.5 Å². The van der Waals surface area contributed by atoms with Crippen molar-refractivity contribution in [1.82, 2.24) is 4.98 Å². The number of esters is 1. The molecule has 0 radical (unpaired) electrons. The summed E-state index contributed by atoms with van der Waals surface area (Å²) in [5, 5.41) is 0. The van der Waals surface area contributed by atoms with Crippen LogP contribution in [-0.2, 0) is 11.3 Å². The molecular formula is C9H9BrF2N2O2. The van der Waals surface area contributed by atoms with Gasteiger partial charge in [0.15, 0.2) is 0 Å². The number of pyridine rings is 1. The van der Waals surface area contributed by atoms with Crippen LogP contribution in [-0.4, -0.2) is 18.1 Å². The summed E-state index contributed by atoms with van der Waals surface area (Å²) < 4.78 is 30.3. The second-order valence-corrected chi connectivity index (χ2v) is 3.69. The van der Waals surface area contributed by atoms with Gasteiger partial charge in [-0.1, -0.05) is 0 Å². The van der Waals surface area contributed by atoms with Gasteiger partial charge in [0.25, 0.3) is 6.43 Å². The molecule has 1 aromatic rings. The highest BCUT2D eigenvalue weighted by atomic mass is 79.9. The van der Waals surface area contributed by atoms with Gasteiger partial charge in [0.2, 0.25) is 0 Å². The molecule has 0 bridgehead atoms. The Morgan fingerprint density at radius 2 is 2.31 bits per heavy atom. The first-order chi connectivity index (χ1) is 7.52. The van der Waals surface area contributed by atoms with Crippen LogP contribution >= 0.6 is 15.9 Å². The summed E-state index contributed by atoms with van der Waals surface area (Å²) in [4.78, 5) is 15.1. The number of carbonyl (C=O) groups is 1. The number of aromatic nitrogens is 1. The Hall–Kier alpha value is -1.08. The molecule has 16 heavy (non-hydrogen) atoms. The van der Waals surface area contributed by atoms with Crippen LogP contribution in [0.3, 0.4) is 0 Å². The largest absolute Gasteiger partial charge is 0.465 e. The lowest BCUT2D eigenvalue weighted by Gasteiger charge is -2.12. The topological polar surface area (TPSA) is 65.2 Å². The minimum atomic E-state index is -2.84. The minimum Gasteiger partial charge on any atom is -0.465 e. The van der Waals surface area contributed by atoms with E-state index in [1.807, 2.05) is 0 Å². The number of alkyl halides is 2. The van der Waals surface area contributed by atoms with E-state index in [4.69, 9.17) is 5.73 Å². The molecule has 1 rings (SSSR count). The van der Waals surface area contributed by atoms with Crippen LogP contribution in [0.4, 0.5) is 8.78 Å². The van der Waals surface area contributed by atoms with Crippen LogP contribution in [0, 0.1) is 0 Å². The van der Waals surface area contributed by atoms with Gasteiger partial charge in [0.05, 0.1) is 28.4 Å². The highest BCUT2D eigenvalue weighted by molar-refractivity contribution is 9.10. The minimum absolute atomic E-state index is 0.0152. The molecule has 0 amide bonds. The molecule has 88 valence electrons. The highest BCUT2D eigenvalue weighted by Gasteiger charge is 2.25. The first kappa shape index (κ1) is 13.0. The Kier molecular flexibility index (Phi) is 4.31. The quantitative estimate of drug-likeness (QED) is 0.866. The van der Waals surface area contributed by atoms with Crippen LogP contribution in [0.5, 0.6) is 0 Å². The standard InChI is InChI=1S/C9H9BrF2N2O2/c1-16-9(15)6-4(10)3-14-5(2-13)7(6)8(11)12/h3,8H,2,13H2,1H3. The van der Waals surface area contributed by atoms with Crippen LogP contribution in [0.1, 0.15) is 28.0 Å². The summed E-state index contributed by atoms with van der Waals surface area (Å²) in [6.07, 6.45) is -1.59. The van der Waals surface area contributed by atoms with E-state index in [1.165, 1.54) is 6.20 Å². The van der Waals surface area contributed by atoms with E-state index >= 15 is 0 Å². The number of nitrogens with two attached hydrogens (primary N) is 1. The Bertz CT molecular complexity index is 413. The molecule has 7 heteroatoms. The molecule has 0 aliphatic carbocycles. The SMILES string of the molecule is COC(=O)c1c(Br)cnc(CN)c1C(F)F. The Morgan fingerprint density at radius 1 is 1.69 bits per heavy atom. The summed E-state index contributed by atoms with van der Waals surface area (Å²) >= 11 is 2.98. The number of hydrogen-bond donors (Lipinski definition) is 1. The summed E-state index contributed by atoms with van der Waals surface area (Å²) in [7, 11) is 1.12. The van der Waals surface area contributed by atoms with Crippen molar-refractivity contribution in [2.45, 2.75) is 13.0 Å². The second-order valence-electron chi connectivity index (χ2n) is 2.84. The molecule has 2 N–H and O–H groups in total. The molecule has 1 heterocycles. The average molecular weight is 295 g/mol. The molecule has 0 aliphatic rings. The number of nitrogens with zero attached hydrogens (tertiary/aromatic N) is 1. The normalized spacial score (nSPS) is 10.6. The summed E-state index contributed by atoms with van der Waals surface area (Å²) in [5.74, 6) is -0.848. The Balaban J connectivity index is 3.48. The molecule has 0 saturated heterocycles. The zero-order valence-electron chi connectivity index (χ0n) is 8.34. The van der Waals surface area contributed by atoms with Crippen LogP contribution < -0.4 is 5.73 Å². The van der Waals surface area contributed by atoms with E-state index in [-0.39, 0.29) is 22.3 Å². The summed E-state index contributed by atoms with van der Waals surface area (Å²) in [6.45, 7) is -0.170. The van der Waals surface area contributed by atoms with Crippen molar-refractivity contribution in [3.05, 3.63) is 27.5 Å². The van der Waals surface area contributed by atoms with Crippen molar-refractivity contribution in [3.8, 4) is 0 Å². The third kappa shape index (κ3) is 2.35. The zero-order chi connectivity index (χ0) is 12.3. The fourth-order valence-corrected chi connectivity index (χ4v) is 1.73. The molecule has 0 aliphatic heterocycles. The van der Waals surface area contributed by atoms with Crippen LogP contribution in [0.25, 0.3) is 0 Å². The maximum atomic E-state index is 12.8. The van der Waals surface area contributed by atoms with Crippen molar-refractivity contribution in [2.24, 2.45) is 5.73 Å². The van der Waals surface area contributed by atoms with Gasteiger partial charge in [-0.25, -0.2) is 13.6 Å². The van der Waals surface area contributed by atoms with Crippen molar-refractivity contribution in [1.29, 1.82) is 0 Å². The van der Waals surface area contributed by atoms with Crippen molar-refractivity contribution in [2.75, 3.05) is 7.11 Å². The van der Waals surface area contributed by atoms with Crippen LogP contribution in [0.2, 0.25) is 0 Å². The lowest BCUT2D eigenvalue weighted by Crippen LogP contribution is -2.13. The fourth-order valence-electron chi connectivity index (χ4n) is 1.25. The average Bonchev–Trinajstić information content (AvgIpc) is 2.27. The first-order valence-corrected chi connectivity index (χ1v) is 5.06. The molecule has 4 nitrogen and oxygen atoms in total. The molecule has 1 aromatic heterocycles. The van der Waals surface area contributed by atoms with Gasteiger partial charge in [-0.3, -0.25) is 4.98 Å². The number of carbonyl (C=O) groups excluding carboxylic acids is 1. The smallest absolute Gasteiger partial charge is 0.339 e. The molecule has 0 spiro atoms. The monoisotopic (exact) mass is 294 g/mol. The lowest BCUT2D eigenvalue weighted by atomic mass is 10.1. The number of halogens is 3. The van der Waals surface area contributed by atoms with E-state index < -0.39 is 18.0 Å². The molecule has 0 saturated carbocycles. The maximum Gasteiger partial charge on any atom is 0.339 e. The van der Waals surface area contributed by atoms with E-state index in [0.29, 0.717) is 0 Å². The van der Waals surface area contributed by atoms with E-state index in [9.17, 15) is 13.6 Å². The number of methoxy groups -OCH3 is 1. The summed E-state index contributed by atoms with van der Waals surface area (Å²) in [5.41, 5.74) is 4.56. The predicted molar refractivity (Wildman–Crippen MR) is 56.1 cm³/mol. The third-order valence-corrected chi connectivity index (χ3v) is 2.56. The van der Waals surface area contributed by atoms with Gasteiger partial charge in [-0.05, 0) is 15.9 Å². The Labute approximate surface area is 98.9 Å². The molecule has 0 unspecified atom stereocenters. The van der Waals surface area contributed by atoms with Gasteiger partial charge in [0, 0.05) is 12.7 Å². The van der Waals surface area contributed by atoms with E-state index in [1.54, 1.807) is 0 Å². The highest BCUT2D eigenvalue weighted by Crippen LogP contribution is 2.30. The summed E-state index contributed by atoms with van der Waals surface area (Å²) in [6, 6.07) is 0. The van der Waals surface area contributed by atoms with Gasteiger partial charge in [-0.2, -0.15) is 0 Å². The molecule has 0 aromatic carbocycles. The first-order valence-electron chi connectivity index (χ1n) is 4.26. The van der Waals surface area contributed by atoms with E-state index in [0.717, 1.165) is 7.11 Å². The maximum absolute atomic E-state index is 12.8. The van der Waals surface area contributed by atoms with Gasteiger partial charge in [-0.15, -0.1) is 0 Å². The number of rotatable bonds is 3.